The Balaban J connectivity index is 2.25. The molecule has 1 unspecified atom stereocenters. The lowest BCUT2D eigenvalue weighted by atomic mass is 10.0. The highest BCUT2D eigenvalue weighted by atomic mass is 79.9. The molecular formula is C10H12BrNO. The predicted octanol–water partition coefficient (Wildman–Crippen LogP) is 2.72. The molecule has 1 aromatic carbocycles. The molecule has 0 amide bonds. The van der Waals surface area contributed by atoms with E-state index in [1.807, 2.05) is 0 Å². The summed E-state index contributed by atoms with van der Waals surface area (Å²) in [5.41, 5.74) is 5.58. The highest BCUT2D eigenvalue weighted by Crippen LogP contribution is 2.25. The number of hydrogen-bond donors (Lipinski definition) is 1. The average molecular weight is 242 g/mol. The second kappa shape index (κ2) is 3.78. The molecule has 2 nitrogen and oxygen atoms in total. The van der Waals surface area contributed by atoms with Crippen LogP contribution in [0.1, 0.15) is 23.6 Å². The molecule has 70 valence electrons. The molecule has 0 aromatic heterocycles. The fourth-order valence-electron chi connectivity index (χ4n) is 1.51. The smallest absolute Gasteiger partial charge is 0.0701 e. The Kier molecular flexibility index (Phi) is 2.67. The van der Waals surface area contributed by atoms with Crippen LogP contribution in [0.5, 0.6) is 0 Å². The first kappa shape index (κ1) is 9.19. The van der Waals surface area contributed by atoms with Gasteiger partial charge in [-0.2, -0.15) is 5.48 Å². The van der Waals surface area contributed by atoms with E-state index in [4.69, 9.17) is 4.84 Å². The van der Waals surface area contributed by atoms with Gasteiger partial charge in [-0.05, 0) is 30.5 Å². The number of hydrogen-bond acceptors (Lipinski definition) is 2. The molecule has 1 aliphatic heterocycles. The SMILES string of the molecule is Cc1cc(C2CCON2)ccc1Br. The Morgan fingerprint density at radius 2 is 2.38 bits per heavy atom. The van der Waals surface area contributed by atoms with Crippen LogP contribution >= 0.6 is 15.9 Å². The molecule has 0 radical (unpaired) electrons. The van der Waals surface area contributed by atoms with Gasteiger partial charge in [-0.3, -0.25) is 0 Å². The Morgan fingerprint density at radius 3 is 3.00 bits per heavy atom. The van der Waals surface area contributed by atoms with Crippen LogP contribution < -0.4 is 5.48 Å². The summed E-state index contributed by atoms with van der Waals surface area (Å²) in [7, 11) is 0. The zero-order chi connectivity index (χ0) is 9.26. The lowest BCUT2D eigenvalue weighted by molar-refractivity contribution is 0.0883. The van der Waals surface area contributed by atoms with Gasteiger partial charge < -0.3 is 4.84 Å². The van der Waals surface area contributed by atoms with Gasteiger partial charge in [-0.25, -0.2) is 0 Å². The highest BCUT2D eigenvalue weighted by Gasteiger charge is 2.17. The quantitative estimate of drug-likeness (QED) is 0.817. The number of nitrogens with one attached hydrogen (secondary N) is 1. The summed E-state index contributed by atoms with van der Waals surface area (Å²) in [5.74, 6) is 0. The maximum absolute atomic E-state index is 5.12. The van der Waals surface area contributed by atoms with E-state index in [0.29, 0.717) is 6.04 Å². The number of hydroxylamine groups is 1. The molecule has 1 aromatic rings. The number of halogens is 1. The van der Waals surface area contributed by atoms with Crippen LogP contribution in [0, 0.1) is 6.92 Å². The molecule has 1 aliphatic rings. The highest BCUT2D eigenvalue weighted by molar-refractivity contribution is 9.10. The minimum absolute atomic E-state index is 0.367. The lowest BCUT2D eigenvalue weighted by Crippen LogP contribution is -2.11. The molecule has 1 fully saturated rings. The second-order valence-electron chi connectivity index (χ2n) is 3.32. The molecule has 0 saturated carbocycles. The van der Waals surface area contributed by atoms with Gasteiger partial charge in [-0.15, -0.1) is 0 Å². The average Bonchev–Trinajstić information content (AvgIpc) is 2.62. The van der Waals surface area contributed by atoms with Gasteiger partial charge in [-0.1, -0.05) is 28.1 Å². The maximum Gasteiger partial charge on any atom is 0.0701 e. The van der Waals surface area contributed by atoms with E-state index in [9.17, 15) is 0 Å². The van der Waals surface area contributed by atoms with Crippen molar-refractivity contribution in [3.8, 4) is 0 Å². The van der Waals surface area contributed by atoms with Gasteiger partial charge in [0.25, 0.3) is 0 Å². The third kappa shape index (κ3) is 1.93. The van der Waals surface area contributed by atoms with Gasteiger partial charge >= 0.3 is 0 Å². The summed E-state index contributed by atoms with van der Waals surface area (Å²) in [6.07, 6.45) is 1.06. The molecule has 3 heteroatoms. The van der Waals surface area contributed by atoms with Crippen LogP contribution in [0.25, 0.3) is 0 Å². The standard InChI is InChI=1S/C10H12BrNO/c1-7-6-8(2-3-9(7)11)10-4-5-13-12-10/h2-3,6,10,12H,4-5H2,1H3. The maximum atomic E-state index is 5.12. The molecule has 1 atom stereocenters. The third-order valence-corrected chi connectivity index (χ3v) is 3.21. The predicted molar refractivity (Wildman–Crippen MR) is 55.3 cm³/mol. The zero-order valence-corrected chi connectivity index (χ0v) is 9.10. The van der Waals surface area contributed by atoms with Crippen molar-refractivity contribution in [2.45, 2.75) is 19.4 Å². The first-order chi connectivity index (χ1) is 6.27. The molecule has 1 heterocycles. The normalized spacial score (nSPS) is 22.2. The second-order valence-corrected chi connectivity index (χ2v) is 4.17. The Bertz CT molecular complexity index is 308. The van der Waals surface area contributed by atoms with Crippen molar-refractivity contribution in [1.29, 1.82) is 0 Å². The van der Waals surface area contributed by atoms with E-state index in [0.717, 1.165) is 17.5 Å². The minimum Gasteiger partial charge on any atom is -0.301 e. The molecular weight excluding hydrogens is 230 g/mol. The topological polar surface area (TPSA) is 21.3 Å². The van der Waals surface area contributed by atoms with Gasteiger partial charge in [0, 0.05) is 4.47 Å². The van der Waals surface area contributed by atoms with Crippen molar-refractivity contribution in [2.75, 3.05) is 6.61 Å². The Labute approximate surface area is 86.4 Å². The van der Waals surface area contributed by atoms with Crippen LogP contribution in [-0.4, -0.2) is 6.61 Å². The molecule has 1 N–H and O–H groups in total. The minimum atomic E-state index is 0.367. The van der Waals surface area contributed by atoms with E-state index in [-0.39, 0.29) is 0 Å². The van der Waals surface area contributed by atoms with E-state index in [1.54, 1.807) is 0 Å². The molecule has 2 rings (SSSR count). The van der Waals surface area contributed by atoms with Gasteiger partial charge in [0.15, 0.2) is 0 Å². The fourth-order valence-corrected chi connectivity index (χ4v) is 1.76. The molecule has 13 heavy (non-hydrogen) atoms. The van der Waals surface area contributed by atoms with Crippen LogP contribution in [0.2, 0.25) is 0 Å². The van der Waals surface area contributed by atoms with Crippen LogP contribution in [0.4, 0.5) is 0 Å². The van der Waals surface area contributed by atoms with E-state index < -0.39 is 0 Å². The summed E-state index contributed by atoms with van der Waals surface area (Å²) < 4.78 is 1.16. The van der Waals surface area contributed by atoms with Crippen molar-refractivity contribution >= 4 is 15.9 Å². The number of rotatable bonds is 1. The molecule has 0 bridgehead atoms. The van der Waals surface area contributed by atoms with Gasteiger partial charge in [0.2, 0.25) is 0 Å². The van der Waals surface area contributed by atoms with Crippen molar-refractivity contribution in [3.63, 3.8) is 0 Å². The summed E-state index contributed by atoms with van der Waals surface area (Å²) in [6.45, 7) is 2.91. The first-order valence-corrected chi connectivity index (χ1v) is 5.20. The fraction of sp³-hybridized carbons (Fsp3) is 0.400. The lowest BCUT2D eigenvalue weighted by Gasteiger charge is -2.10. The van der Waals surface area contributed by atoms with Gasteiger partial charge in [0.05, 0.1) is 12.6 Å². The van der Waals surface area contributed by atoms with Crippen LogP contribution in [-0.2, 0) is 4.84 Å². The summed E-state index contributed by atoms with van der Waals surface area (Å²) >= 11 is 3.49. The Morgan fingerprint density at radius 1 is 1.54 bits per heavy atom. The third-order valence-electron chi connectivity index (χ3n) is 2.32. The molecule has 1 saturated heterocycles. The zero-order valence-electron chi connectivity index (χ0n) is 7.51. The Hall–Kier alpha value is -0.380. The van der Waals surface area contributed by atoms with E-state index >= 15 is 0 Å². The number of aryl methyl sites for hydroxylation is 1. The summed E-state index contributed by atoms with van der Waals surface area (Å²) in [5, 5.41) is 0. The van der Waals surface area contributed by atoms with Crippen molar-refractivity contribution in [1.82, 2.24) is 5.48 Å². The van der Waals surface area contributed by atoms with Crippen molar-refractivity contribution < 1.29 is 4.84 Å². The van der Waals surface area contributed by atoms with Crippen LogP contribution in [0.3, 0.4) is 0 Å². The largest absolute Gasteiger partial charge is 0.301 e. The van der Waals surface area contributed by atoms with E-state index in [2.05, 4.69) is 46.5 Å². The summed E-state index contributed by atoms with van der Waals surface area (Å²) in [6, 6.07) is 6.77. The van der Waals surface area contributed by atoms with E-state index in [1.165, 1.54) is 11.1 Å². The summed E-state index contributed by atoms with van der Waals surface area (Å²) in [4.78, 5) is 5.12. The van der Waals surface area contributed by atoms with Gasteiger partial charge in [0.1, 0.15) is 0 Å². The van der Waals surface area contributed by atoms with Crippen molar-refractivity contribution in [2.24, 2.45) is 0 Å². The van der Waals surface area contributed by atoms with Crippen LogP contribution in [0.15, 0.2) is 22.7 Å². The molecule has 0 spiro atoms. The molecule has 0 aliphatic carbocycles. The number of benzene rings is 1. The van der Waals surface area contributed by atoms with Crippen molar-refractivity contribution in [3.05, 3.63) is 33.8 Å². The first-order valence-electron chi connectivity index (χ1n) is 4.41. The monoisotopic (exact) mass is 241 g/mol.